The molecule has 6 nitrogen and oxygen atoms in total. The third-order valence-electron chi connectivity index (χ3n) is 4.18. The molecule has 0 bridgehead atoms. The van der Waals surface area contributed by atoms with Gasteiger partial charge < -0.3 is 5.32 Å². The molecule has 1 N–H and O–H groups in total. The predicted octanol–water partition coefficient (Wildman–Crippen LogP) is 2.80. The van der Waals surface area contributed by atoms with Gasteiger partial charge in [-0.3, -0.25) is 4.90 Å². The molecule has 0 aliphatic carbocycles. The van der Waals surface area contributed by atoms with Crippen molar-refractivity contribution in [3.8, 4) is 0 Å². The summed E-state index contributed by atoms with van der Waals surface area (Å²) >= 11 is 6.81. The molecule has 9 heteroatoms. The van der Waals surface area contributed by atoms with E-state index in [4.69, 9.17) is 12.2 Å². The van der Waals surface area contributed by atoms with E-state index in [-0.39, 0.29) is 17.5 Å². The van der Waals surface area contributed by atoms with Crippen molar-refractivity contribution >= 4 is 44.2 Å². The first-order valence-electron chi connectivity index (χ1n) is 7.65. The number of aromatic nitrogens is 2. The molecule has 2 heterocycles. The van der Waals surface area contributed by atoms with E-state index in [9.17, 15) is 8.42 Å². The fourth-order valence-electron chi connectivity index (χ4n) is 2.72. The van der Waals surface area contributed by atoms with Gasteiger partial charge in [-0.05, 0) is 44.2 Å². The highest BCUT2D eigenvalue weighted by molar-refractivity contribution is 7.91. The van der Waals surface area contributed by atoms with Crippen LogP contribution in [0.3, 0.4) is 0 Å². The van der Waals surface area contributed by atoms with Crippen molar-refractivity contribution in [2.24, 2.45) is 0 Å². The van der Waals surface area contributed by atoms with Crippen LogP contribution in [-0.2, 0) is 16.5 Å². The lowest BCUT2D eigenvalue weighted by Gasteiger charge is -2.22. The second-order valence-electron chi connectivity index (χ2n) is 6.07. The Kier molecular flexibility index (Phi) is 5.05. The maximum Gasteiger partial charge on any atom is 0.209 e. The van der Waals surface area contributed by atoms with Gasteiger partial charge in [-0.25, -0.2) is 13.1 Å². The lowest BCUT2D eigenvalue weighted by molar-refractivity contribution is 0.198. The van der Waals surface area contributed by atoms with E-state index in [1.165, 1.54) is 11.3 Å². The minimum Gasteiger partial charge on any atom is -0.330 e. The van der Waals surface area contributed by atoms with Crippen molar-refractivity contribution in [1.29, 1.82) is 0 Å². The van der Waals surface area contributed by atoms with Crippen LogP contribution in [0.15, 0.2) is 24.3 Å². The minimum absolute atomic E-state index is 0.0337. The molecular weight excluding hydrogens is 364 g/mol. The van der Waals surface area contributed by atoms with Crippen molar-refractivity contribution in [2.45, 2.75) is 26.1 Å². The highest BCUT2D eigenvalue weighted by Crippen LogP contribution is 2.23. The fraction of sp³-hybridized carbons (Fsp3) is 0.467. The quantitative estimate of drug-likeness (QED) is 0.800. The Labute approximate surface area is 151 Å². The van der Waals surface area contributed by atoms with Crippen molar-refractivity contribution in [3.63, 3.8) is 0 Å². The molecule has 130 valence electrons. The van der Waals surface area contributed by atoms with Gasteiger partial charge in [0.05, 0.1) is 18.2 Å². The third kappa shape index (κ3) is 4.02. The van der Waals surface area contributed by atoms with Crippen LogP contribution in [0.25, 0.3) is 0 Å². The fourth-order valence-corrected chi connectivity index (χ4v) is 5.53. The second kappa shape index (κ2) is 6.91. The lowest BCUT2D eigenvalue weighted by Crippen LogP contribution is -2.34. The molecule has 1 aromatic heterocycles. The zero-order valence-electron chi connectivity index (χ0n) is 13.6. The molecule has 24 heavy (non-hydrogen) atoms. The van der Waals surface area contributed by atoms with E-state index in [0.29, 0.717) is 17.0 Å². The summed E-state index contributed by atoms with van der Waals surface area (Å²) in [5.74, 6) is 0.486. The first kappa shape index (κ1) is 17.5. The van der Waals surface area contributed by atoms with Gasteiger partial charge in [-0.1, -0.05) is 29.5 Å². The summed E-state index contributed by atoms with van der Waals surface area (Å²) in [5, 5.41) is 8.56. The van der Waals surface area contributed by atoms with Crippen LogP contribution in [0, 0.1) is 10.9 Å². The number of aryl methyl sites for hydroxylation is 1. The maximum absolute atomic E-state index is 11.6. The van der Waals surface area contributed by atoms with Gasteiger partial charge in [0.15, 0.2) is 13.8 Å². The largest absolute Gasteiger partial charge is 0.330 e. The topological polar surface area (TPSA) is 67.2 Å². The Balaban J connectivity index is 1.70. The first-order chi connectivity index (χ1) is 11.3. The molecular formula is C15H20N4O2S3. The number of rotatable bonds is 5. The average molecular weight is 385 g/mol. The zero-order chi connectivity index (χ0) is 17.3. The van der Waals surface area contributed by atoms with Crippen LogP contribution < -0.4 is 5.32 Å². The number of hydrogen-bond acceptors (Lipinski definition) is 7. The SMILES string of the molecule is Cc1ccccc1Nc1nn(CN(C)[C@H]2CCS(=O)(=O)C2)c(=S)s1. The Morgan fingerprint density at radius 1 is 1.46 bits per heavy atom. The molecule has 1 atom stereocenters. The summed E-state index contributed by atoms with van der Waals surface area (Å²) in [5.41, 5.74) is 2.14. The molecule has 0 saturated carbocycles. The van der Waals surface area contributed by atoms with Gasteiger partial charge in [0.1, 0.15) is 0 Å². The Hall–Kier alpha value is -1.29. The van der Waals surface area contributed by atoms with Gasteiger partial charge in [0.2, 0.25) is 5.13 Å². The predicted molar refractivity (Wildman–Crippen MR) is 100 cm³/mol. The standard InChI is InChI=1S/C15H20N4O2S3/c1-11-5-3-4-6-13(11)16-14-17-19(15(22)23-14)10-18(2)12-7-8-24(20,21)9-12/h3-6,12H,7-10H2,1-2H3,(H,16,17)/t12-/m0/s1. The van der Waals surface area contributed by atoms with E-state index < -0.39 is 9.84 Å². The van der Waals surface area contributed by atoms with Crippen LogP contribution in [0.1, 0.15) is 12.0 Å². The summed E-state index contributed by atoms with van der Waals surface area (Å²) in [6, 6.07) is 8.03. The Morgan fingerprint density at radius 3 is 2.88 bits per heavy atom. The monoisotopic (exact) mass is 384 g/mol. The summed E-state index contributed by atoms with van der Waals surface area (Å²) in [6.07, 6.45) is 0.671. The van der Waals surface area contributed by atoms with Crippen LogP contribution in [0.4, 0.5) is 10.8 Å². The molecule has 1 fully saturated rings. The number of nitrogens with zero attached hydrogens (tertiary/aromatic N) is 3. The molecule has 0 unspecified atom stereocenters. The Bertz CT molecular complexity index is 888. The summed E-state index contributed by atoms with van der Waals surface area (Å²) in [4.78, 5) is 2.01. The van der Waals surface area contributed by atoms with Crippen LogP contribution >= 0.6 is 23.6 Å². The van der Waals surface area contributed by atoms with Crippen LogP contribution in [-0.4, -0.2) is 47.7 Å². The number of benzene rings is 1. The normalized spacial score (nSPS) is 19.7. The maximum atomic E-state index is 11.6. The number of para-hydroxylation sites is 1. The van der Waals surface area contributed by atoms with Gasteiger partial charge in [-0.2, -0.15) is 0 Å². The summed E-state index contributed by atoms with van der Waals surface area (Å²) < 4.78 is 25.7. The molecule has 1 saturated heterocycles. The smallest absolute Gasteiger partial charge is 0.209 e. The van der Waals surface area contributed by atoms with Gasteiger partial charge in [0, 0.05) is 11.7 Å². The van der Waals surface area contributed by atoms with Crippen molar-refractivity contribution < 1.29 is 8.42 Å². The summed E-state index contributed by atoms with van der Waals surface area (Å²) in [6.45, 7) is 2.53. The first-order valence-corrected chi connectivity index (χ1v) is 10.7. The number of hydrogen-bond donors (Lipinski definition) is 1. The van der Waals surface area contributed by atoms with Crippen molar-refractivity contribution in [3.05, 3.63) is 33.8 Å². The molecule has 1 aliphatic rings. The molecule has 0 amide bonds. The molecule has 1 aromatic carbocycles. The molecule has 3 rings (SSSR count). The molecule has 0 spiro atoms. The van der Waals surface area contributed by atoms with E-state index in [2.05, 4.69) is 10.4 Å². The van der Waals surface area contributed by atoms with E-state index in [1.807, 2.05) is 43.1 Å². The van der Waals surface area contributed by atoms with Crippen molar-refractivity contribution in [1.82, 2.24) is 14.7 Å². The highest BCUT2D eigenvalue weighted by Gasteiger charge is 2.30. The number of anilines is 2. The average Bonchev–Trinajstić information content (AvgIpc) is 3.04. The van der Waals surface area contributed by atoms with E-state index >= 15 is 0 Å². The zero-order valence-corrected chi connectivity index (χ0v) is 16.0. The van der Waals surface area contributed by atoms with Crippen molar-refractivity contribution in [2.75, 3.05) is 23.9 Å². The number of sulfone groups is 1. The van der Waals surface area contributed by atoms with Gasteiger partial charge >= 0.3 is 0 Å². The number of nitrogens with one attached hydrogen (secondary N) is 1. The van der Waals surface area contributed by atoms with Gasteiger partial charge in [0.25, 0.3) is 0 Å². The van der Waals surface area contributed by atoms with Crippen LogP contribution in [0.5, 0.6) is 0 Å². The molecule has 1 aliphatic heterocycles. The second-order valence-corrected chi connectivity index (χ2v) is 9.92. The molecule has 2 aromatic rings. The van der Waals surface area contributed by atoms with Gasteiger partial charge in [-0.15, -0.1) is 5.10 Å². The van der Waals surface area contributed by atoms with E-state index in [0.717, 1.165) is 16.4 Å². The van der Waals surface area contributed by atoms with Crippen LogP contribution in [0.2, 0.25) is 0 Å². The summed E-state index contributed by atoms with van der Waals surface area (Å²) in [7, 11) is -0.973. The lowest BCUT2D eigenvalue weighted by atomic mass is 10.2. The van der Waals surface area contributed by atoms with E-state index in [1.54, 1.807) is 4.68 Å². The molecule has 0 radical (unpaired) electrons. The minimum atomic E-state index is -2.89. The highest BCUT2D eigenvalue weighted by atomic mass is 32.2. The third-order valence-corrected chi connectivity index (χ3v) is 7.16. The Morgan fingerprint density at radius 2 is 2.21 bits per heavy atom.